The SMILES string of the molecule is COC(=O)C1CC2=C(C(=O)O)N3C(=O)[C@@H](NC(=O)Cc4ccccc4)[C@H]3S[C@H]21. The van der Waals surface area contributed by atoms with Gasteiger partial charge in [0.15, 0.2) is 0 Å². The lowest BCUT2D eigenvalue weighted by atomic mass is 9.77. The van der Waals surface area contributed by atoms with Crippen LogP contribution in [-0.2, 0) is 30.3 Å². The minimum atomic E-state index is -1.20. The Balaban J connectivity index is 1.50. The molecule has 2 fully saturated rings. The molecule has 2 heterocycles. The number of methoxy groups -OCH3 is 1. The van der Waals surface area contributed by atoms with Crippen molar-refractivity contribution in [2.75, 3.05) is 7.11 Å². The van der Waals surface area contributed by atoms with Crippen LogP contribution in [0.25, 0.3) is 0 Å². The number of rotatable bonds is 5. The molecule has 1 aromatic carbocycles. The van der Waals surface area contributed by atoms with Crippen LogP contribution in [0.1, 0.15) is 12.0 Å². The molecular formula is C19H18N2O6S. The number of nitrogens with zero attached hydrogens (tertiary/aromatic N) is 1. The summed E-state index contributed by atoms with van der Waals surface area (Å²) < 4.78 is 4.79. The fraction of sp³-hybridized carbons (Fsp3) is 0.368. The number of carbonyl (C=O) groups excluding carboxylic acids is 3. The Kier molecular flexibility index (Phi) is 4.62. The Morgan fingerprint density at radius 1 is 1.29 bits per heavy atom. The number of hydrogen-bond acceptors (Lipinski definition) is 6. The molecule has 28 heavy (non-hydrogen) atoms. The molecule has 3 aliphatic rings. The second-order valence-electron chi connectivity index (χ2n) is 6.88. The lowest BCUT2D eigenvalue weighted by molar-refractivity contribution is -0.152. The fourth-order valence-corrected chi connectivity index (χ4v) is 5.58. The number of esters is 1. The Bertz CT molecular complexity index is 899. The van der Waals surface area contributed by atoms with Crippen LogP contribution in [0.15, 0.2) is 41.6 Å². The van der Waals surface area contributed by atoms with Crippen LogP contribution in [0.4, 0.5) is 0 Å². The van der Waals surface area contributed by atoms with Crippen LogP contribution >= 0.6 is 11.8 Å². The van der Waals surface area contributed by atoms with E-state index in [-0.39, 0.29) is 29.7 Å². The molecule has 2 N–H and O–H groups in total. The van der Waals surface area contributed by atoms with Gasteiger partial charge in [-0.1, -0.05) is 30.3 Å². The van der Waals surface area contributed by atoms with Crippen LogP contribution in [0, 0.1) is 5.92 Å². The maximum atomic E-state index is 12.6. The maximum Gasteiger partial charge on any atom is 0.352 e. The molecule has 1 saturated carbocycles. The first-order chi connectivity index (χ1) is 13.4. The van der Waals surface area contributed by atoms with E-state index in [9.17, 15) is 24.3 Å². The van der Waals surface area contributed by atoms with E-state index >= 15 is 0 Å². The summed E-state index contributed by atoms with van der Waals surface area (Å²) in [6.45, 7) is 0. The number of thioether (sulfide) groups is 1. The third-order valence-corrected chi connectivity index (χ3v) is 6.92. The number of amides is 2. The molecule has 1 aliphatic carbocycles. The molecule has 0 radical (unpaired) electrons. The highest BCUT2D eigenvalue weighted by Gasteiger charge is 2.60. The molecule has 2 amide bonds. The first-order valence-corrected chi connectivity index (χ1v) is 9.72. The van der Waals surface area contributed by atoms with Crippen molar-refractivity contribution in [3.63, 3.8) is 0 Å². The zero-order valence-corrected chi connectivity index (χ0v) is 15.8. The molecule has 8 nitrogen and oxygen atoms in total. The second-order valence-corrected chi connectivity index (χ2v) is 8.14. The van der Waals surface area contributed by atoms with Crippen LogP contribution in [-0.4, -0.2) is 57.5 Å². The highest BCUT2D eigenvalue weighted by molar-refractivity contribution is 8.01. The topological polar surface area (TPSA) is 113 Å². The molecule has 0 bridgehead atoms. The Morgan fingerprint density at radius 2 is 2.00 bits per heavy atom. The average molecular weight is 402 g/mol. The van der Waals surface area contributed by atoms with E-state index in [2.05, 4.69) is 5.32 Å². The molecule has 1 unspecified atom stereocenters. The maximum absolute atomic E-state index is 12.6. The van der Waals surface area contributed by atoms with Gasteiger partial charge in [-0.25, -0.2) is 4.79 Å². The van der Waals surface area contributed by atoms with Gasteiger partial charge in [0.1, 0.15) is 17.1 Å². The molecule has 2 aliphatic heterocycles. The van der Waals surface area contributed by atoms with Gasteiger partial charge in [-0.2, -0.15) is 0 Å². The number of fused-ring (bicyclic) bond motifs is 2. The Hall–Kier alpha value is -2.81. The van der Waals surface area contributed by atoms with Gasteiger partial charge in [0.2, 0.25) is 5.91 Å². The second kappa shape index (κ2) is 6.97. The van der Waals surface area contributed by atoms with Gasteiger partial charge in [-0.3, -0.25) is 19.3 Å². The number of hydrogen-bond donors (Lipinski definition) is 2. The van der Waals surface area contributed by atoms with Crippen molar-refractivity contribution in [3.05, 3.63) is 47.2 Å². The van der Waals surface area contributed by atoms with Crippen LogP contribution in [0.2, 0.25) is 0 Å². The summed E-state index contributed by atoms with van der Waals surface area (Å²) in [5.41, 5.74) is 1.33. The number of benzene rings is 1. The number of ether oxygens (including phenoxy) is 1. The molecule has 4 atom stereocenters. The van der Waals surface area contributed by atoms with E-state index in [1.54, 1.807) is 0 Å². The molecule has 0 aromatic heterocycles. The zero-order valence-electron chi connectivity index (χ0n) is 15.0. The molecule has 146 valence electrons. The number of carbonyl (C=O) groups is 4. The summed E-state index contributed by atoms with van der Waals surface area (Å²) >= 11 is 1.33. The first-order valence-electron chi connectivity index (χ1n) is 8.78. The lowest BCUT2D eigenvalue weighted by Gasteiger charge is -2.55. The lowest BCUT2D eigenvalue weighted by Crippen LogP contribution is -2.72. The first kappa shape index (κ1) is 18.5. The quantitative estimate of drug-likeness (QED) is 0.546. The molecule has 1 aromatic rings. The predicted octanol–water partition coefficient (Wildman–Crippen LogP) is 0.529. The summed E-state index contributed by atoms with van der Waals surface area (Å²) in [6, 6.07) is 8.32. The fourth-order valence-electron chi connectivity index (χ4n) is 3.83. The smallest absolute Gasteiger partial charge is 0.352 e. The third-order valence-electron chi connectivity index (χ3n) is 5.25. The van der Waals surface area contributed by atoms with Gasteiger partial charge >= 0.3 is 11.9 Å². The number of carboxylic acids is 1. The van der Waals surface area contributed by atoms with E-state index in [1.165, 1.54) is 23.8 Å². The van der Waals surface area contributed by atoms with Crippen molar-refractivity contribution >= 4 is 35.5 Å². The summed E-state index contributed by atoms with van der Waals surface area (Å²) in [4.78, 5) is 49.7. The summed E-state index contributed by atoms with van der Waals surface area (Å²) in [5, 5.41) is 11.4. The molecule has 1 saturated heterocycles. The summed E-state index contributed by atoms with van der Waals surface area (Å²) in [6.07, 6.45) is 0.399. The highest BCUT2D eigenvalue weighted by atomic mass is 32.2. The van der Waals surface area contributed by atoms with Gasteiger partial charge in [0, 0.05) is 5.25 Å². The van der Waals surface area contributed by atoms with Crippen molar-refractivity contribution in [1.29, 1.82) is 0 Å². The Labute approximate surface area is 164 Å². The van der Waals surface area contributed by atoms with Crippen molar-refractivity contribution in [1.82, 2.24) is 10.2 Å². The van der Waals surface area contributed by atoms with Crippen LogP contribution in [0.5, 0.6) is 0 Å². The molecular weight excluding hydrogens is 384 g/mol. The Morgan fingerprint density at radius 3 is 2.64 bits per heavy atom. The van der Waals surface area contributed by atoms with Crippen molar-refractivity contribution in [2.45, 2.75) is 29.5 Å². The standard InChI is InChI=1S/C19H18N2O6S/c1-27-19(26)11-8-10-14(18(24)25)21-16(23)13(17(21)28-15(10)11)20-12(22)7-9-5-3-2-4-6-9/h2-6,11,13,15,17H,7-8H2,1H3,(H,20,22)(H,24,25)/t11?,13-,15-,17-/m1/s1. The van der Waals surface area contributed by atoms with Gasteiger partial charge in [0.05, 0.1) is 19.4 Å². The van der Waals surface area contributed by atoms with Crippen molar-refractivity contribution in [2.24, 2.45) is 5.92 Å². The van der Waals surface area contributed by atoms with Gasteiger partial charge in [-0.05, 0) is 17.6 Å². The average Bonchev–Trinajstić information content (AvgIpc) is 2.66. The monoisotopic (exact) mass is 402 g/mol. The predicted molar refractivity (Wildman–Crippen MR) is 98.9 cm³/mol. The normalized spacial score (nSPS) is 27.8. The summed E-state index contributed by atoms with van der Waals surface area (Å²) in [7, 11) is 1.29. The zero-order chi connectivity index (χ0) is 20.0. The largest absolute Gasteiger partial charge is 0.477 e. The van der Waals surface area contributed by atoms with E-state index in [0.717, 1.165) is 5.56 Å². The van der Waals surface area contributed by atoms with Gasteiger partial charge < -0.3 is 15.2 Å². The number of carboxylic acid groups (broad SMARTS) is 1. The van der Waals surface area contributed by atoms with Gasteiger partial charge in [0.25, 0.3) is 5.91 Å². The molecule has 4 rings (SSSR count). The van der Waals surface area contributed by atoms with Crippen molar-refractivity contribution < 1.29 is 29.0 Å². The van der Waals surface area contributed by atoms with Crippen molar-refractivity contribution in [3.8, 4) is 0 Å². The highest BCUT2D eigenvalue weighted by Crippen LogP contribution is 2.54. The molecule has 9 heteroatoms. The van der Waals surface area contributed by atoms with Crippen LogP contribution in [0.3, 0.4) is 0 Å². The van der Waals surface area contributed by atoms with Crippen LogP contribution < -0.4 is 5.32 Å². The number of aliphatic carboxylic acids is 1. The molecule has 0 spiro atoms. The van der Waals surface area contributed by atoms with E-state index < -0.39 is 35.2 Å². The number of nitrogens with one attached hydrogen (secondary N) is 1. The summed E-state index contributed by atoms with van der Waals surface area (Å²) in [5.74, 6) is -2.78. The third kappa shape index (κ3) is 2.86. The van der Waals surface area contributed by atoms with E-state index in [0.29, 0.717) is 5.57 Å². The minimum Gasteiger partial charge on any atom is -0.477 e. The van der Waals surface area contributed by atoms with E-state index in [1.807, 2.05) is 30.3 Å². The van der Waals surface area contributed by atoms with Gasteiger partial charge in [-0.15, -0.1) is 11.8 Å². The number of β-lactam (4-membered cyclic amide) rings is 1. The van der Waals surface area contributed by atoms with E-state index in [4.69, 9.17) is 4.74 Å². The minimum absolute atomic E-state index is 0.0625.